The Hall–Kier alpha value is -0.830. The number of ether oxygens (including phenoxy) is 2. The molecule has 0 unspecified atom stereocenters. The highest BCUT2D eigenvalue weighted by Crippen LogP contribution is 2.14. The number of hydrogen-bond acceptors (Lipinski definition) is 3. The summed E-state index contributed by atoms with van der Waals surface area (Å²) in [5.74, 6) is -0.202. The van der Waals surface area contributed by atoms with Crippen LogP contribution in [0.4, 0.5) is 0 Å². The molecule has 0 aliphatic carbocycles. The monoisotopic (exact) mass is 270 g/mol. The van der Waals surface area contributed by atoms with Gasteiger partial charge in [0.2, 0.25) is 0 Å². The second-order valence-corrected chi connectivity index (χ2v) is 4.99. The molecule has 0 spiro atoms. The number of hydrogen-bond donors (Lipinski definition) is 0. The fraction of sp³-hybridized carbons (Fsp3) is 0.812. The van der Waals surface area contributed by atoms with Crippen LogP contribution in [-0.4, -0.2) is 26.3 Å². The minimum Gasteiger partial charge on any atom is -0.462 e. The van der Waals surface area contributed by atoms with Crippen molar-refractivity contribution in [3.05, 3.63) is 11.1 Å². The SMILES string of the molecule is CCCCCCOC(=O)C(COC)=C(C)CCCC. The van der Waals surface area contributed by atoms with Gasteiger partial charge in [-0.3, -0.25) is 0 Å². The zero-order valence-electron chi connectivity index (χ0n) is 13.1. The molecule has 0 radical (unpaired) electrons. The van der Waals surface area contributed by atoms with E-state index in [1.807, 2.05) is 6.92 Å². The Balaban J connectivity index is 4.24. The first-order valence-electron chi connectivity index (χ1n) is 7.52. The number of unbranched alkanes of at least 4 members (excludes halogenated alkanes) is 4. The van der Waals surface area contributed by atoms with Gasteiger partial charge in [-0.2, -0.15) is 0 Å². The molecule has 0 aliphatic heterocycles. The molecule has 0 aromatic rings. The van der Waals surface area contributed by atoms with Crippen molar-refractivity contribution in [2.24, 2.45) is 0 Å². The van der Waals surface area contributed by atoms with E-state index in [0.29, 0.717) is 18.8 Å². The summed E-state index contributed by atoms with van der Waals surface area (Å²) in [7, 11) is 1.61. The van der Waals surface area contributed by atoms with Crippen LogP contribution >= 0.6 is 0 Å². The smallest absolute Gasteiger partial charge is 0.336 e. The highest BCUT2D eigenvalue weighted by Gasteiger charge is 2.14. The quantitative estimate of drug-likeness (QED) is 0.319. The van der Waals surface area contributed by atoms with Crippen LogP contribution in [0.3, 0.4) is 0 Å². The summed E-state index contributed by atoms with van der Waals surface area (Å²) in [5.41, 5.74) is 1.80. The van der Waals surface area contributed by atoms with E-state index in [1.165, 1.54) is 12.8 Å². The largest absolute Gasteiger partial charge is 0.462 e. The second-order valence-electron chi connectivity index (χ2n) is 4.99. The maximum absolute atomic E-state index is 12.0. The summed E-state index contributed by atoms with van der Waals surface area (Å²) in [5, 5.41) is 0. The molecule has 0 N–H and O–H groups in total. The number of carbonyl (C=O) groups excluding carboxylic acids is 1. The predicted molar refractivity (Wildman–Crippen MR) is 79.2 cm³/mol. The topological polar surface area (TPSA) is 35.5 Å². The van der Waals surface area contributed by atoms with Gasteiger partial charge in [0, 0.05) is 7.11 Å². The van der Waals surface area contributed by atoms with Gasteiger partial charge >= 0.3 is 5.97 Å². The van der Waals surface area contributed by atoms with Gasteiger partial charge < -0.3 is 9.47 Å². The van der Waals surface area contributed by atoms with E-state index in [1.54, 1.807) is 7.11 Å². The average Bonchev–Trinajstić information content (AvgIpc) is 2.41. The fourth-order valence-electron chi connectivity index (χ4n) is 1.87. The number of methoxy groups -OCH3 is 1. The standard InChI is InChI=1S/C16H30O3/c1-5-7-9-10-12-19-16(17)15(13-18-4)14(3)11-8-6-2/h5-13H2,1-4H3. The van der Waals surface area contributed by atoms with Gasteiger partial charge in [0.25, 0.3) is 0 Å². The van der Waals surface area contributed by atoms with Crippen LogP contribution in [-0.2, 0) is 14.3 Å². The van der Waals surface area contributed by atoms with E-state index in [9.17, 15) is 4.79 Å². The molecule has 0 heterocycles. The van der Waals surface area contributed by atoms with Gasteiger partial charge in [0.15, 0.2) is 0 Å². The molecule has 0 amide bonds. The third-order valence-electron chi connectivity index (χ3n) is 3.19. The zero-order chi connectivity index (χ0) is 14.5. The van der Waals surface area contributed by atoms with Crippen LogP contribution in [0.25, 0.3) is 0 Å². The summed E-state index contributed by atoms with van der Waals surface area (Å²) < 4.78 is 10.4. The summed E-state index contributed by atoms with van der Waals surface area (Å²) in [4.78, 5) is 12.0. The highest BCUT2D eigenvalue weighted by atomic mass is 16.5. The molecular weight excluding hydrogens is 240 g/mol. The maximum Gasteiger partial charge on any atom is 0.336 e. The third-order valence-corrected chi connectivity index (χ3v) is 3.19. The van der Waals surface area contributed by atoms with Gasteiger partial charge in [0.05, 0.1) is 18.8 Å². The Labute approximate surface area is 118 Å². The van der Waals surface area contributed by atoms with Gasteiger partial charge in [-0.05, 0) is 26.2 Å². The minimum atomic E-state index is -0.202. The molecule has 3 heteroatoms. The van der Waals surface area contributed by atoms with E-state index in [-0.39, 0.29) is 5.97 Å². The van der Waals surface area contributed by atoms with Gasteiger partial charge in [-0.25, -0.2) is 4.79 Å². The lowest BCUT2D eigenvalue weighted by Crippen LogP contribution is -2.15. The lowest BCUT2D eigenvalue weighted by atomic mass is 10.0. The molecule has 0 bridgehead atoms. The maximum atomic E-state index is 12.0. The molecule has 0 rings (SSSR count). The molecule has 112 valence electrons. The first kappa shape index (κ1) is 18.2. The number of carbonyl (C=O) groups is 1. The second kappa shape index (κ2) is 12.2. The van der Waals surface area contributed by atoms with E-state index in [0.717, 1.165) is 37.7 Å². The molecule has 3 nitrogen and oxygen atoms in total. The van der Waals surface area contributed by atoms with E-state index in [2.05, 4.69) is 13.8 Å². The van der Waals surface area contributed by atoms with E-state index < -0.39 is 0 Å². The first-order valence-corrected chi connectivity index (χ1v) is 7.52. The molecule has 0 aromatic carbocycles. The zero-order valence-corrected chi connectivity index (χ0v) is 13.1. The van der Waals surface area contributed by atoms with Crippen molar-refractivity contribution in [1.82, 2.24) is 0 Å². The average molecular weight is 270 g/mol. The first-order chi connectivity index (χ1) is 9.17. The van der Waals surface area contributed by atoms with Crippen LogP contribution in [0.1, 0.15) is 65.7 Å². The normalized spacial score (nSPS) is 12.2. The molecule has 0 saturated carbocycles. The summed E-state index contributed by atoms with van der Waals surface area (Å²) in [6.07, 6.45) is 7.65. The van der Waals surface area contributed by atoms with Gasteiger partial charge in [-0.15, -0.1) is 0 Å². The lowest BCUT2D eigenvalue weighted by molar-refractivity contribution is -0.139. The van der Waals surface area contributed by atoms with Gasteiger partial charge in [0.1, 0.15) is 0 Å². The van der Waals surface area contributed by atoms with Crippen LogP contribution in [0.5, 0.6) is 0 Å². The molecule has 0 fully saturated rings. The van der Waals surface area contributed by atoms with Crippen LogP contribution < -0.4 is 0 Å². The van der Waals surface area contributed by atoms with Crippen LogP contribution in [0.2, 0.25) is 0 Å². The minimum absolute atomic E-state index is 0.202. The number of allylic oxidation sites excluding steroid dienone is 1. The molecule has 0 saturated heterocycles. The van der Waals surface area contributed by atoms with Crippen molar-refractivity contribution in [2.45, 2.75) is 65.7 Å². The predicted octanol–water partition coefficient (Wildman–Crippen LogP) is 4.26. The Bertz CT molecular complexity index is 269. The highest BCUT2D eigenvalue weighted by molar-refractivity contribution is 5.89. The van der Waals surface area contributed by atoms with Crippen molar-refractivity contribution < 1.29 is 14.3 Å². The van der Waals surface area contributed by atoms with Crippen LogP contribution in [0, 0.1) is 0 Å². The Morgan fingerprint density at radius 1 is 1.00 bits per heavy atom. The van der Waals surface area contributed by atoms with Crippen LogP contribution in [0.15, 0.2) is 11.1 Å². The Morgan fingerprint density at radius 2 is 1.68 bits per heavy atom. The van der Waals surface area contributed by atoms with Crippen molar-refractivity contribution in [1.29, 1.82) is 0 Å². The van der Waals surface area contributed by atoms with Crippen molar-refractivity contribution in [3.8, 4) is 0 Å². The molecular formula is C16H30O3. The molecule has 0 aromatic heterocycles. The van der Waals surface area contributed by atoms with Crippen molar-refractivity contribution in [2.75, 3.05) is 20.3 Å². The van der Waals surface area contributed by atoms with Crippen molar-refractivity contribution in [3.63, 3.8) is 0 Å². The number of rotatable bonds is 11. The summed E-state index contributed by atoms with van der Waals surface area (Å²) in [6.45, 7) is 7.19. The Kier molecular flexibility index (Phi) is 11.7. The Morgan fingerprint density at radius 3 is 2.26 bits per heavy atom. The van der Waals surface area contributed by atoms with Gasteiger partial charge in [-0.1, -0.05) is 45.1 Å². The summed E-state index contributed by atoms with van der Waals surface area (Å²) in [6, 6.07) is 0. The lowest BCUT2D eigenvalue weighted by Gasteiger charge is -2.11. The third kappa shape index (κ3) is 8.82. The van der Waals surface area contributed by atoms with E-state index in [4.69, 9.17) is 9.47 Å². The van der Waals surface area contributed by atoms with E-state index >= 15 is 0 Å². The molecule has 19 heavy (non-hydrogen) atoms. The molecule has 0 atom stereocenters. The fourth-order valence-corrected chi connectivity index (χ4v) is 1.87. The summed E-state index contributed by atoms with van der Waals surface area (Å²) >= 11 is 0. The van der Waals surface area contributed by atoms with Crippen molar-refractivity contribution >= 4 is 5.97 Å². The number of esters is 1. The molecule has 0 aliphatic rings.